The molecule has 1 heterocycles. The number of nitrogens with zero attached hydrogens (tertiary/aromatic N) is 2. The molecule has 0 saturated heterocycles. The van der Waals surface area contributed by atoms with E-state index in [2.05, 4.69) is 51.2 Å². The molecular weight excluding hydrogens is 262 g/mol. The first-order valence-electron chi connectivity index (χ1n) is 8.28. The molecule has 120 valence electrons. The Bertz CT molecular complexity index is 455. The SMILES string of the molecule is Cc1nn(C(C)C)cc1CNC(C(C)C)C1(CO)CCC1. The maximum absolute atomic E-state index is 9.83. The van der Waals surface area contributed by atoms with Gasteiger partial charge in [0.2, 0.25) is 0 Å². The van der Waals surface area contributed by atoms with Crippen LogP contribution in [-0.2, 0) is 6.54 Å². The molecule has 4 heteroatoms. The van der Waals surface area contributed by atoms with Gasteiger partial charge in [0.25, 0.3) is 0 Å². The van der Waals surface area contributed by atoms with Gasteiger partial charge >= 0.3 is 0 Å². The maximum atomic E-state index is 9.83. The Morgan fingerprint density at radius 3 is 2.38 bits per heavy atom. The van der Waals surface area contributed by atoms with Gasteiger partial charge in [0.15, 0.2) is 0 Å². The molecule has 0 aliphatic heterocycles. The standard InChI is InChI=1S/C17H31N3O/c1-12(2)16(17(11-21)7-6-8-17)18-9-15-10-20(13(3)4)19-14(15)5/h10,12-13,16,18,21H,6-9,11H2,1-5H3. The first-order valence-corrected chi connectivity index (χ1v) is 8.28. The number of aryl methyl sites for hydroxylation is 1. The average Bonchev–Trinajstić information content (AvgIpc) is 2.74. The van der Waals surface area contributed by atoms with Gasteiger partial charge in [-0.15, -0.1) is 0 Å². The van der Waals surface area contributed by atoms with Crippen molar-refractivity contribution >= 4 is 0 Å². The molecule has 0 spiro atoms. The van der Waals surface area contributed by atoms with Gasteiger partial charge in [0.05, 0.1) is 12.3 Å². The highest BCUT2D eigenvalue weighted by atomic mass is 16.3. The van der Waals surface area contributed by atoms with E-state index in [1.54, 1.807) is 0 Å². The van der Waals surface area contributed by atoms with Crippen molar-refractivity contribution in [3.63, 3.8) is 0 Å². The van der Waals surface area contributed by atoms with Crippen molar-refractivity contribution < 1.29 is 5.11 Å². The molecule has 1 aliphatic rings. The monoisotopic (exact) mass is 293 g/mol. The Balaban J connectivity index is 2.05. The molecule has 1 fully saturated rings. The number of hydrogen-bond donors (Lipinski definition) is 2. The highest BCUT2D eigenvalue weighted by Gasteiger charge is 2.44. The zero-order valence-corrected chi connectivity index (χ0v) is 14.2. The molecule has 1 unspecified atom stereocenters. The summed E-state index contributed by atoms with van der Waals surface area (Å²) in [5, 5.41) is 18.1. The minimum Gasteiger partial charge on any atom is -0.396 e. The lowest BCUT2D eigenvalue weighted by Gasteiger charge is -2.48. The predicted octanol–water partition coefficient (Wildman–Crippen LogP) is 3.05. The molecule has 0 amide bonds. The summed E-state index contributed by atoms with van der Waals surface area (Å²) >= 11 is 0. The number of rotatable bonds is 7. The molecule has 0 radical (unpaired) electrons. The van der Waals surface area contributed by atoms with Crippen LogP contribution in [0.3, 0.4) is 0 Å². The summed E-state index contributed by atoms with van der Waals surface area (Å²) in [5.41, 5.74) is 2.46. The molecule has 1 aliphatic carbocycles. The molecule has 1 atom stereocenters. The van der Waals surface area contributed by atoms with E-state index < -0.39 is 0 Å². The van der Waals surface area contributed by atoms with Crippen molar-refractivity contribution in [2.75, 3.05) is 6.61 Å². The lowest BCUT2D eigenvalue weighted by Crippen LogP contribution is -2.54. The van der Waals surface area contributed by atoms with E-state index in [0.717, 1.165) is 25.1 Å². The first kappa shape index (κ1) is 16.5. The van der Waals surface area contributed by atoms with Crippen LogP contribution in [-0.4, -0.2) is 27.5 Å². The molecule has 2 N–H and O–H groups in total. The van der Waals surface area contributed by atoms with Crippen molar-refractivity contribution in [3.8, 4) is 0 Å². The Labute approximate surface area is 128 Å². The summed E-state index contributed by atoms with van der Waals surface area (Å²) in [4.78, 5) is 0. The second kappa shape index (κ2) is 6.49. The molecule has 0 aromatic carbocycles. The third-order valence-corrected chi connectivity index (χ3v) is 5.05. The van der Waals surface area contributed by atoms with Crippen molar-refractivity contribution in [3.05, 3.63) is 17.5 Å². The van der Waals surface area contributed by atoms with Gasteiger partial charge in [-0.05, 0) is 39.5 Å². The summed E-state index contributed by atoms with van der Waals surface area (Å²) in [6.07, 6.45) is 5.68. The van der Waals surface area contributed by atoms with E-state index in [4.69, 9.17) is 0 Å². The molecule has 21 heavy (non-hydrogen) atoms. The van der Waals surface area contributed by atoms with Crippen LogP contribution in [0.1, 0.15) is 64.3 Å². The minimum absolute atomic E-state index is 0.0934. The third kappa shape index (κ3) is 3.32. The Kier molecular flexibility index (Phi) is 5.10. The summed E-state index contributed by atoms with van der Waals surface area (Å²) in [6, 6.07) is 0.770. The van der Waals surface area contributed by atoms with Gasteiger partial charge in [0.1, 0.15) is 0 Å². The fourth-order valence-corrected chi connectivity index (χ4v) is 3.54. The van der Waals surface area contributed by atoms with Crippen LogP contribution in [0.2, 0.25) is 0 Å². The molecule has 0 bridgehead atoms. The van der Waals surface area contributed by atoms with Gasteiger partial charge < -0.3 is 10.4 Å². The van der Waals surface area contributed by atoms with Crippen LogP contribution in [0, 0.1) is 18.3 Å². The fraction of sp³-hybridized carbons (Fsp3) is 0.824. The molecule has 1 aromatic rings. The highest BCUT2D eigenvalue weighted by molar-refractivity contribution is 5.16. The lowest BCUT2D eigenvalue weighted by atomic mass is 9.62. The molecular formula is C17H31N3O. The normalized spacial score (nSPS) is 19.0. The van der Waals surface area contributed by atoms with Gasteiger partial charge in [0, 0.05) is 35.8 Å². The van der Waals surface area contributed by atoms with Crippen molar-refractivity contribution in [2.45, 2.75) is 72.5 Å². The Morgan fingerprint density at radius 1 is 1.33 bits per heavy atom. The summed E-state index contributed by atoms with van der Waals surface area (Å²) < 4.78 is 2.03. The fourth-order valence-electron chi connectivity index (χ4n) is 3.54. The molecule has 1 aromatic heterocycles. The van der Waals surface area contributed by atoms with Crippen molar-refractivity contribution in [1.29, 1.82) is 0 Å². The molecule has 2 rings (SSSR count). The summed E-state index contributed by atoms with van der Waals surface area (Å²) in [5.74, 6) is 0.526. The quantitative estimate of drug-likeness (QED) is 0.812. The van der Waals surface area contributed by atoms with Crippen LogP contribution in [0.5, 0.6) is 0 Å². The molecule has 1 saturated carbocycles. The lowest BCUT2D eigenvalue weighted by molar-refractivity contribution is -0.0101. The number of nitrogens with one attached hydrogen (secondary N) is 1. The Hall–Kier alpha value is -0.870. The summed E-state index contributed by atoms with van der Waals surface area (Å²) in [7, 11) is 0. The van der Waals surface area contributed by atoms with Crippen LogP contribution in [0.4, 0.5) is 0 Å². The van der Waals surface area contributed by atoms with Crippen molar-refractivity contribution in [2.24, 2.45) is 11.3 Å². The van der Waals surface area contributed by atoms with Crippen LogP contribution in [0.15, 0.2) is 6.20 Å². The molecule has 4 nitrogen and oxygen atoms in total. The van der Waals surface area contributed by atoms with E-state index in [9.17, 15) is 5.11 Å². The first-order chi connectivity index (χ1) is 9.89. The van der Waals surface area contributed by atoms with Gasteiger partial charge in [-0.1, -0.05) is 20.3 Å². The van der Waals surface area contributed by atoms with E-state index in [0.29, 0.717) is 24.6 Å². The number of aromatic nitrogens is 2. The van der Waals surface area contributed by atoms with E-state index >= 15 is 0 Å². The largest absolute Gasteiger partial charge is 0.396 e. The van der Waals surface area contributed by atoms with Gasteiger partial charge in [-0.25, -0.2) is 0 Å². The van der Waals surface area contributed by atoms with E-state index in [-0.39, 0.29) is 5.41 Å². The predicted molar refractivity (Wildman–Crippen MR) is 86.2 cm³/mol. The van der Waals surface area contributed by atoms with E-state index in [1.165, 1.54) is 12.0 Å². The van der Waals surface area contributed by atoms with E-state index in [1.807, 2.05) is 4.68 Å². The zero-order valence-electron chi connectivity index (χ0n) is 14.2. The average molecular weight is 293 g/mol. The van der Waals surface area contributed by atoms with Crippen LogP contribution in [0.25, 0.3) is 0 Å². The number of hydrogen-bond acceptors (Lipinski definition) is 3. The minimum atomic E-state index is 0.0934. The maximum Gasteiger partial charge on any atom is 0.0638 e. The number of aliphatic hydroxyl groups excluding tert-OH is 1. The third-order valence-electron chi connectivity index (χ3n) is 5.05. The smallest absolute Gasteiger partial charge is 0.0638 e. The van der Waals surface area contributed by atoms with Crippen LogP contribution < -0.4 is 5.32 Å². The van der Waals surface area contributed by atoms with Crippen LogP contribution >= 0.6 is 0 Å². The van der Waals surface area contributed by atoms with Crippen molar-refractivity contribution in [1.82, 2.24) is 15.1 Å². The summed E-state index contributed by atoms with van der Waals surface area (Å²) in [6.45, 7) is 12.0. The second-order valence-corrected chi connectivity index (χ2v) is 7.29. The Morgan fingerprint density at radius 2 is 2.00 bits per heavy atom. The topological polar surface area (TPSA) is 50.1 Å². The zero-order chi connectivity index (χ0) is 15.6. The highest BCUT2D eigenvalue weighted by Crippen LogP contribution is 2.45. The van der Waals surface area contributed by atoms with Gasteiger partial charge in [-0.3, -0.25) is 4.68 Å². The number of aliphatic hydroxyl groups is 1. The second-order valence-electron chi connectivity index (χ2n) is 7.29. The van der Waals surface area contributed by atoms with Gasteiger partial charge in [-0.2, -0.15) is 5.10 Å².